The van der Waals surface area contributed by atoms with Gasteiger partial charge in [-0.3, -0.25) is 14.5 Å². The number of hydrogen-bond donors (Lipinski definition) is 1. The third-order valence-corrected chi connectivity index (χ3v) is 8.90. The Balaban J connectivity index is 1.11. The lowest BCUT2D eigenvalue weighted by Crippen LogP contribution is -2.55. The fourth-order valence-electron chi connectivity index (χ4n) is 6.75. The molecule has 2 aliphatic heterocycles. The van der Waals surface area contributed by atoms with E-state index in [2.05, 4.69) is 50.2 Å². The van der Waals surface area contributed by atoms with Crippen molar-refractivity contribution in [3.63, 3.8) is 0 Å². The number of rotatable bonds is 4. The van der Waals surface area contributed by atoms with Crippen molar-refractivity contribution in [3.8, 4) is 5.82 Å². The Kier molecular flexibility index (Phi) is 6.41. The molecule has 3 aromatic carbocycles. The van der Waals surface area contributed by atoms with Gasteiger partial charge in [-0.25, -0.2) is 14.8 Å². The van der Waals surface area contributed by atoms with Gasteiger partial charge in [0.1, 0.15) is 18.3 Å². The first-order valence-electron chi connectivity index (χ1n) is 14.9. The number of fused-ring (bicyclic) bond motifs is 3. The molecule has 6 aromatic rings. The lowest BCUT2D eigenvalue weighted by Gasteiger charge is -2.39. The molecule has 3 aromatic heterocycles. The summed E-state index contributed by atoms with van der Waals surface area (Å²) in [5, 5.41) is 5.31. The van der Waals surface area contributed by atoms with Crippen molar-refractivity contribution in [1.82, 2.24) is 34.3 Å². The van der Waals surface area contributed by atoms with Gasteiger partial charge in [-0.05, 0) is 42.6 Å². The molecule has 0 bridgehead atoms. The molecule has 10 nitrogen and oxygen atoms in total. The van der Waals surface area contributed by atoms with Gasteiger partial charge in [-0.15, -0.1) is 0 Å². The number of nitrogens with one attached hydrogen (secondary N) is 1. The number of carbonyl (C=O) groups excluding carboxylic acids is 1. The van der Waals surface area contributed by atoms with E-state index in [0.29, 0.717) is 25.6 Å². The van der Waals surface area contributed by atoms with Gasteiger partial charge in [0.05, 0.1) is 16.7 Å². The summed E-state index contributed by atoms with van der Waals surface area (Å²) in [6.07, 6.45) is 7.20. The minimum atomic E-state index is -0.123. The van der Waals surface area contributed by atoms with Gasteiger partial charge in [0.25, 0.3) is 0 Å². The van der Waals surface area contributed by atoms with E-state index in [1.807, 2.05) is 82.4 Å². The predicted octanol–water partition coefficient (Wildman–Crippen LogP) is 5.49. The molecule has 8 rings (SSSR count). The topological polar surface area (TPSA) is 95.3 Å². The Hall–Kier alpha value is -5.35. The van der Waals surface area contributed by atoms with Crippen molar-refractivity contribution < 1.29 is 4.79 Å². The second-order valence-corrected chi connectivity index (χ2v) is 11.3. The SMILES string of the molecule is C[C@H]1[C@@H]2CN(C(=O)Nc3cccc4ccccc34)CCN2C(c2cccnc2)N1c1nccc(-n2cnc3ccccc32)n1. The highest BCUT2D eigenvalue weighted by Crippen LogP contribution is 2.41. The number of benzene rings is 3. The van der Waals surface area contributed by atoms with E-state index >= 15 is 0 Å². The van der Waals surface area contributed by atoms with E-state index in [4.69, 9.17) is 9.97 Å². The standard InChI is InChI=1S/C34H31N9O/c1-23-30-21-40(34(44)38-27-13-6-9-24-8-2-3-11-26(24)27)18-19-41(30)32(25-10-7-16-35-20-25)43(23)33-36-17-15-31(39-33)42-22-37-28-12-4-5-14-29(28)42/h2-17,20,22-23,30,32H,18-19,21H2,1H3,(H,38,44)/t23-,30-,32?/m0/s1. The van der Waals surface area contributed by atoms with Gasteiger partial charge in [-0.1, -0.05) is 54.6 Å². The molecule has 1 N–H and O–H groups in total. The molecule has 0 aliphatic carbocycles. The molecule has 2 amide bonds. The van der Waals surface area contributed by atoms with E-state index in [1.165, 1.54) is 0 Å². The molecule has 44 heavy (non-hydrogen) atoms. The number of piperazine rings is 1. The Bertz CT molecular complexity index is 1970. The first-order chi connectivity index (χ1) is 21.7. The molecule has 3 atom stereocenters. The van der Waals surface area contributed by atoms with Crippen LogP contribution in [0.4, 0.5) is 16.4 Å². The first-order valence-corrected chi connectivity index (χ1v) is 14.9. The summed E-state index contributed by atoms with van der Waals surface area (Å²) in [6, 6.07) is 28.1. The second-order valence-electron chi connectivity index (χ2n) is 11.3. The number of hydrogen-bond acceptors (Lipinski definition) is 7. The van der Waals surface area contributed by atoms with E-state index < -0.39 is 0 Å². The minimum Gasteiger partial charge on any atom is -0.322 e. The minimum absolute atomic E-state index is 0.0168. The van der Waals surface area contributed by atoms with Gasteiger partial charge in [0.2, 0.25) is 5.95 Å². The molecule has 5 heterocycles. The zero-order valence-corrected chi connectivity index (χ0v) is 24.2. The molecule has 2 fully saturated rings. The summed E-state index contributed by atoms with van der Waals surface area (Å²) < 4.78 is 1.99. The molecule has 0 spiro atoms. The maximum absolute atomic E-state index is 13.6. The molecule has 1 unspecified atom stereocenters. The molecule has 2 aliphatic rings. The molecule has 10 heteroatoms. The zero-order chi connectivity index (χ0) is 29.6. The number of pyridine rings is 1. The van der Waals surface area contributed by atoms with Crippen LogP contribution in [0.3, 0.4) is 0 Å². The van der Waals surface area contributed by atoms with Gasteiger partial charge in [0, 0.05) is 61.3 Å². The average Bonchev–Trinajstić information content (AvgIpc) is 3.64. The fraction of sp³-hybridized carbons (Fsp3) is 0.206. The van der Waals surface area contributed by atoms with Crippen LogP contribution in [0.25, 0.3) is 27.6 Å². The predicted molar refractivity (Wildman–Crippen MR) is 171 cm³/mol. The lowest BCUT2D eigenvalue weighted by atomic mass is 10.1. The van der Waals surface area contributed by atoms with Gasteiger partial charge in [-0.2, -0.15) is 4.98 Å². The highest BCUT2D eigenvalue weighted by molar-refractivity contribution is 6.01. The highest BCUT2D eigenvalue weighted by Gasteiger charge is 2.49. The number of nitrogens with zero attached hydrogens (tertiary/aromatic N) is 8. The smallest absolute Gasteiger partial charge is 0.321 e. The van der Waals surface area contributed by atoms with Crippen LogP contribution in [0, 0.1) is 0 Å². The van der Waals surface area contributed by atoms with Crippen molar-refractivity contribution in [3.05, 3.63) is 115 Å². The summed E-state index contributed by atoms with van der Waals surface area (Å²) in [5.74, 6) is 1.38. The van der Waals surface area contributed by atoms with E-state index in [-0.39, 0.29) is 24.3 Å². The maximum Gasteiger partial charge on any atom is 0.321 e. The summed E-state index contributed by atoms with van der Waals surface area (Å²) >= 11 is 0. The number of anilines is 2. The maximum atomic E-state index is 13.6. The van der Waals surface area contributed by atoms with Crippen molar-refractivity contribution in [2.24, 2.45) is 0 Å². The number of imidazole rings is 1. The first kappa shape index (κ1) is 26.3. The summed E-state index contributed by atoms with van der Waals surface area (Å²) in [6.45, 7) is 4.09. The normalized spacial score (nSPS) is 20.2. The third-order valence-electron chi connectivity index (χ3n) is 8.90. The number of carbonyl (C=O) groups is 1. The summed E-state index contributed by atoms with van der Waals surface area (Å²) in [4.78, 5) is 39.1. The second kappa shape index (κ2) is 10.7. The Morgan fingerprint density at radius 3 is 2.66 bits per heavy atom. The molecular weight excluding hydrogens is 550 g/mol. The van der Waals surface area contributed by atoms with Crippen LogP contribution >= 0.6 is 0 Å². The van der Waals surface area contributed by atoms with Crippen LogP contribution < -0.4 is 10.2 Å². The molecule has 0 radical (unpaired) electrons. The van der Waals surface area contributed by atoms with Gasteiger partial charge >= 0.3 is 6.03 Å². The van der Waals surface area contributed by atoms with Crippen LogP contribution in [-0.4, -0.2) is 72.1 Å². The molecule has 2 saturated heterocycles. The Labute approximate surface area is 254 Å². The van der Waals surface area contributed by atoms with Crippen LogP contribution in [0.2, 0.25) is 0 Å². The van der Waals surface area contributed by atoms with Crippen LogP contribution in [0.5, 0.6) is 0 Å². The van der Waals surface area contributed by atoms with Crippen LogP contribution in [-0.2, 0) is 0 Å². The quantitative estimate of drug-likeness (QED) is 0.294. The van der Waals surface area contributed by atoms with E-state index in [0.717, 1.165) is 38.9 Å². The van der Waals surface area contributed by atoms with Gasteiger partial charge < -0.3 is 15.1 Å². The molecular formula is C34H31N9O. The van der Waals surface area contributed by atoms with Crippen molar-refractivity contribution in [1.29, 1.82) is 0 Å². The number of aromatic nitrogens is 5. The number of amides is 2. The summed E-state index contributed by atoms with van der Waals surface area (Å²) in [7, 11) is 0. The van der Waals surface area contributed by atoms with Crippen LogP contribution in [0.15, 0.2) is 110 Å². The molecule has 0 saturated carbocycles. The number of para-hydroxylation sites is 2. The monoisotopic (exact) mass is 581 g/mol. The zero-order valence-electron chi connectivity index (χ0n) is 24.2. The Morgan fingerprint density at radius 2 is 1.75 bits per heavy atom. The largest absolute Gasteiger partial charge is 0.322 e. The summed E-state index contributed by atoms with van der Waals surface area (Å²) in [5.41, 5.74) is 3.79. The fourth-order valence-corrected chi connectivity index (χ4v) is 6.75. The van der Waals surface area contributed by atoms with Crippen molar-refractivity contribution in [2.75, 3.05) is 29.9 Å². The van der Waals surface area contributed by atoms with Crippen LogP contribution in [0.1, 0.15) is 18.7 Å². The van der Waals surface area contributed by atoms with E-state index in [1.54, 1.807) is 18.7 Å². The van der Waals surface area contributed by atoms with E-state index in [9.17, 15) is 4.79 Å². The molecule has 218 valence electrons. The Morgan fingerprint density at radius 1 is 0.886 bits per heavy atom. The average molecular weight is 582 g/mol. The number of urea groups is 1. The third kappa shape index (κ3) is 4.42. The highest BCUT2D eigenvalue weighted by atomic mass is 16.2. The lowest BCUT2D eigenvalue weighted by molar-refractivity contribution is 0.0943. The van der Waals surface area contributed by atoms with Gasteiger partial charge in [0.15, 0.2) is 0 Å². The van der Waals surface area contributed by atoms with Crippen molar-refractivity contribution in [2.45, 2.75) is 25.2 Å². The van der Waals surface area contributed by atoms with Crippen molar-refractivity contribution >= 4 is 39.5 Å².